The average Bonchev–Trinajstić information content (AvgIpc) is 2.38. The monoisotopic (exact) mass is 231 g/mol. The first-order valence-corrected chi connectivity index (χ1v) is 5.34. The zero-order chi connectivity index (χ0) is 12.3. The number of nitrogens with zero attached hydrogens (tertiary/aromatic N) is 2. The first-order chi connectivity index (χ1) is 8.24. The molecule has 1 N–H and O–H groups in total. The van der Waals surface area contributed by atoms with Gasteiger partial charge >= 0.3 is 5.97 Å². The smallest absolute Gasteiger partial charge is 0.325 e. The molecule has 0 atom stereocenters. The number of methoxy groups -OCH3 is 1. The van der Waals surface area contributed by atoms with Gasteiger partial charge in [-0.15, -0.1) is 0 Å². The number of ether oxygens (including phenoxy) is 1. The molecule has 1 aromatic rings. The summed E-state index contributed by atoms with van der Waals surface area (Å²) in [5.41, 5.74) is 2.40. The highest BCUT2D eigenvalue weighted by atomic mass is 16.5. The SMILES string of the molecule is COC(=O)CN1CCNc2ccc(C#N)cc21. The van der Waals surface area contributed by atoms with Crippen LogP contribution in [0.2, 0.25) is 0 Å². The zero-order valence-corrected chi connectivity index (χ0v) is 9.56. The highest BCUT2D eigenvalue weighted by Crippen LogP contribution is 2.29. The molecule has 0 unspecified atom stereocenters. The largest absolute Gasteiger partial charge is 0.468 e. The number of nitrogens with one attached hydrogen (secondary N) is 1. The lowest BCUT2D eigenvalue weighted by Crippen LogP contribution is -2.38. The number of esters is 1. The summed E-state index contributed by atoms with van der Waals surface area (Å²) in [5.74, 6) is -0.278. The Morgan fingerprint density at radius 3 is 3.18 bits per heavy atom. The maximum atomic E-state index is 11.3. The molecule has 0 amide bonds. The Bertz CT molecular complexity index is 479. The summed E-state index contributed by atoms with van der Waals surface area (Å²) >= 11 is 0. The van der Waals surface area contributed by atoms with Gasteiger partial charge in [0.05, 0.1) is 30.1 Å². The number of benzene rings is 1. The van der Waals surface area contributed by atoms with Crippen molar-refractivity contribution in [2.24, 2.45) is 0 Å². The Hall–Kier alpha value is -2.22. The first-order valence-electron chi connectivity index (χ1n) is 5.34. The van der Waals surface area contributed by atoms with Crippen LogP contribution in [0.3, 0.4) is 0 Å². The maximum Gasteiger partial charge on any atom is 0.325 e. The van der Waals surface area contributed by atoms with Crippen LogP contribution in [-0.2, 0) is 9.53 Å². The van der Waals surface area contributed by atoms with Gasteiger partial charge in [0, 0.05) is 13.1 Å². The molecule has 0 aliphatic carbocycles. The lowest BCUT2D eigenvalue weighted by atomic mass is 10.1. The molecule has 17 heavy (non-hydrogen) atoms. The Morgan fingerprint density at radius 2 is 2.47 bits per heavy atom. The van der Waals surface area contributed by atoms with E-state index in [1.807, 2.05) is 11.0 Å². The number of rotatable bonds is 2. The maximum absolute atomic E-state index is 11.3. The van der Waals surface area contributed by atoms with Crippen LogP contribution in [0.15, 0.2) is 18.2 Å². The van der Waals surface area contributed by atoms with Crippen molar-refractivity contribution in [3.05, 3.63) is 23.8 Å². The van der Waals surface area contributed by atoms with Crippen molar-refractivity contribution >= 4 is 17.3 Å². The minimum absolute atomic E-state index is 0.208. The lowest BCUT2D eigenvalue weighted by molar-refractivity contribution is -0.138. The van der Waals surface area contributed by atoms with E-state index in [1.54, 1.807) is 12.1 Å². The molecule has 1 aliphatic heterocycles. The van der Waals surface area contributed by atoms with E-state index in [2.05, 4.69) is 16.1 Å². The molecule has 0 saturated carbocycles. The van der Waals surface area contributed by atoms with Crippen molar-refractivity contribution in [2.45, 2.75) is 0 Å². The van der Waals surface area contributed by atoms with Crippen molar-refractivity contribution in [1.82, 2.24) is 0 Å². The van der Waals surface area contributed by atoms with Gasteiger partial charge in [0.2, 0.25) is 0 Å². The molecule has 0 saturated heterocycles. The van der Waals surface area contributed by atoms with Gasteiger partial charge in [-0.2, -0.15) is 5.26 Å². The molecule has 1 aromatic carbocycles. The van der Waals surface area contributed by atoms with Gasteiger partial charge in [-0.3, -0.25) is 4.79 Å². The fourth-order valence-electron chi connectivity index (χ4n) is 1.84. The molecule has 0 fully saturated rings. The van der Waals surface area contributed by atoms with Crippen molar-refractivity contribution < 1.29 is 9.53 Å². The molecule has 0 spiro atoms. The number of carbonyl (C=O) groups is 1. The number of carbonyl (C=O) groups excluding carboxylic acids is 1. The summed E-state index contributed by atoms with van der Waals surface area (Å²) in [6.07, 6.45) is 0. The second-order valence-corrected chi connectivity index (χ2v) is 3.77. The van der Waals surface area contributed by atoms with E-state index in [9.17, 15) is 4.79 Å². The van der Waals surface area contributed by atoms with Gasteiger partial charge in [-0.1, -0.05) is 0 Å². The van der Waals surface area contributed by atoms with Crippen LogP contribution in [0.4, 0.5) is 11.4 Å². The summed E-state index contributed by atoms with van der Waals surface area (Å²) < 4.78 is 4.66. The van der Waals surface area contributed by atoms with Crippen LogP contribution >= 0.6 is 0 Å². The topological polar surface area (TPSA) is 65.4 Å². The third-order valence-electron chi connectivity index (χ3n) is 2.71. The number of nitriles is 1. The molecule has 5 nitrogen and oxygen atoms in total. The Balaban J connectivity index is 2.29. The van der Waals surface area contributed by atoms with E-state index in [-0.39, 0.29) is 12.5 Å². The molecule has 1 aliphatic rings. The quantitative estimate of drug-likeness (QED) is 0.768. The van der Waals surface area contributed by atoms with Crippen LogP contribution in [0.25, 0.3) is 0 Å². The number of hydrogen-bond acceptors (Lipinski definition) is 5. The standard InChI is InChI=1S/C12H13N3O2/c1-17-12(16)8-15-5-4-14-10-3-2-9(7-13)6-11(10)15/h2-3,6,14H,4-5,8H2,1H3. The average molecular weight is 231 g/mol. The summed E-state index contributed by atoms with van der Waals surface area (Å²) in [5, 5.41) is 12.1. The molecule has 0 aromatic heterocycles. The second kappa shape index (κ2) is 4.74. The normalized spacial score (nSPS) is 13.3. The van der Waals surface area contributed by atoms with Crippen LogP contribution in [0, 0.1) is 11.3 Å². The molecule has 5 heteroatoms. The first kappa shape index (κ1) is 11.3. The molecule has 0 bridgehead atoms. The molecule has 88 valence electrons. The molecular weight excluding hydrogens is 218 g/mol. The lowest BCUT2D eigenvalue weighted by Gasteiger charge is -2.31. The number of fused-ring (bicyclic) bond motifs is 1. The van der Waals surface area contributed by atoms with E-state index in [1.165, 1.54) is 7.11 Å². The predicted molar refractivity (Wildman–Crippen MR) is 63.9 cm³/mol. The minimum atomic E-state index is -0.278. The molecule has 0 radical (unpaired) electrons. The summed E-state index contributed by atoms with van der Waals surface area (Å²) in [6.45, 7) is 1.70. The van der Waals surface area contributed by atoms with Gasteiger partial charge in [0.15, 0.2) is 0 Å². The third-order valence-corrected chi connectivity index (χ3v) is 2.71. The fourth-order valence-corrected chi connectivity index (χ4v) is 1.84. The van der Waals surface area contributed by atoms with E-state index >= 15 is 0 Å². The fraction of sp³-hybridized carbons (Fsp3) is 0.333. The van der Waals surface area contributed by atoms with Crippen molar-refractivity contribution in [3.63, 3.8) is 0 Å². The molecular formula is C12H13N3O2. The third kappa shape index (κ3) is 2.31. The second-order valence-electron chi connectivity index (χ2n) is 3.77. The van der Waals surface area contributed by atoms with Gasteiger partial charge in [-0.25, -0.2) is 0 Å². The predicted octanol–water partition coefficient (Wildman–Crippen LogP) is 0.963. The number of hydrogen-bond donors (Lipinski definition) is 1. The van der Waals surface area contributed by atoms with Gasteiger partial charge in [0.25, 0.3) is 0 Å². The zero-order valence-electron chi connectivity index (χ0n) is 9.56. The Morgan fingerprint density at radius 1 is 1.65 bits per heavy atom. The van der Waals surface area contributed by atoms with Gasteiger partial charge in [-0.05, 0) is 18.2 Å². The van der Waals surface area contributed by atoms with Crippen LogP contribution in [-0.4, -0.2) is 32.7 Å². The number of anilines is 2. The van der Waals surface area contributed by atoms with Gasteiger partial charge in [0.1, 0.15) is 6.54 Å². The van der Waals surface area contributed by atoms with Crippen molar-refractivity contribution in [2.75, 3.05) is 37.0 Å². The van der Waals surface area contributed by atoms with Crippen molar-refractivity contribution in [3.8, 4) is 6.07 Å². The van der Waals surface area contributed by atoms with Crippen molar-refractivity contribution in [1.29, 1.82) is 5.26 Å². The van der Waals surface area contributed by atoms with E-state index in [4.69, 9.17) is 5.26 Å². The van der Waals surface area contributed by atoms with Crippen LogP contribution in [0.5, 0.6) is 0 Å². The Kier molecular flexibility index (Phi) is 3.15. The van der Waals surface area contributed by atoms with Crippen LogP contribution < -0.4 is 10.2 Å². The molecule has 1 heterocycles. The van der Waals surface area contributed by atoms with Gasteiger partial charge < -0.3 is 15.0 Å². The molecule has 2 rings (SSSR count). The summed E-state index contributed by atoms with van der Waals surface area (Å²) in [6, 6.07) is 7.49. The van der Waals surface area contributed by atoms with E-state index in [0.717, 1.165) is 24.5 Å². The van der Waals surface area contributed by atoms with Crippen LogP contribution in [0.1, 0.15) is 5.56 Å². The summed E-state index contributed by atoms with van der Waals surface area (Å²) in [7, 11) is 1.37. The highest BCUT2D eigenvalue weighted by Gasteiger charge is 2.19. The highest BCUT2D eigenvalue weighted by molar-refractivity contribution is 5.81. The Labute approximate surface area is 99.6 Å². The minimum Gasteiger partial charge on any atom is -0.468 e. The van der Waals surface area contributed by atoms with E-state index in [0.29, 0.717) is 5.56 Å². The van der Waals surface area contributed by atoms with E-state index < -0.39 is 0 Å². The summed E-state index contributed by atoms with van der Waals surface area (Å²) in [4.78, 5) is 13.2.